The lowest BCUT2D eigenvalue weighted by Crippen LogP contribution is -2.33. The monoisotopic (exact) mass is 365 g/mol. The predicted molar refractivity (Wildman–Crippen MR) is 106 cm³/mol. The second-order valence-corrected chi connectivity index (χ2v) is 6.92. The van der Waals surface area contributed by atoms with Crippen LogP contribution in [0.4, 0.5) is 10.2 Å². The topological polar surface area (TPSA) is 56.8 Å². The fourth-order valence-corrected chi connectivity index (χ4v) is 3.56. The van der Waals surface area contributed by atoms with Crippen molar-refractivity contribution in [1.29, 1.82) is 0 Å². The van der Waals surface area contributed by atoms with Gasteiger partial charge in [-0.05, 0) is 67.9 Å². The smallest absolute Gasteiger partial charge is 0.126 e. The van der Waals surface area contributed by atoms with Gasteiger partial charge in [-0.15, -0.1) is 0 Å². The molecule has 0 aliphatic carbocycles. The maximum absolute atomic E-state index is 13.2. The molecule has 0 amide bonds. The van der Waals surface area contributed by atoms with E-state index in [0.717, 1.165) is 41.3 Å². The highest BCUT2D eigenvalue weighted by Crippen LogP contribution is 2.30. The van der Waals surface area contributed by atoms with Gasteiger partial charge in [-0.25, -0.2) is 9.37 Å². The third kappa shape index (κ3) is 4.34. The number of aromatic amines is 1. The maximum Gasteiger partial charge on any atom is 0.126 e. The Kier molecular flexibility index (Phi) is 5.44. The first kappa shape index (κ1) is 17.7. The second-order valence-electron chi connectivity index (χ2n) is 6.92. The average molecular weight is 365 g/mol. The molecule has 0 atom stereocenters. The van der Waals surface area contributed by atoms with Crippen molar-refractivity contribution in [2.45, 2.75) is 19.3 Å². The van der Waals surface area contributed by atoms with Crippen LogP contribution in [-0.4, -0.2) is 46.3 Å². The first-order valence-electron chi connectivity index (χ1n) is 9.51. The lowest BCUT2D eigenvalue weighted by atomic mass is 10.0. The Morgan fingerprint density at radius 1 is 1.04 bits per heavy atom. The summed E-state index contributed by atoms with van der Waals surface area (Å²) in [5, 5.41) is 10.6. The zero-order valence-corrected chi connectivity index (χ0v) is 15.3. The normalized spacial score (nSPS) is 15.0. The number of pyridine rings is 1. The van der Waals surface area contributed by atoms with E-state index in [1.807, 2.05) is 12.1 Å². The van der Waals surface area contributed by atoms with Crippen molar-refractivity contribution in [3.63, 3.8) is 0 Å². The number of piperidine rings is 1. The average Bonchev–Trinajstić information content (AvgIpc) is 3.20. The van der Waals surface area contributed by atoms with E-state index in [4.69, 9.17) is 0 Å². The molecule has 0 spiro atoms. The number of nitrogens with one attached hydrogen (secondary N) is 2. The first-order chi connectivity index (χ1) is 13.3. The minimum Gasteiger partial charge on any atom is -0.369 e. The van der Waals surface area contributed by atoms with Crippen LogP contribution in [0.3, 0.4) is 0 Å². The Morgan fingerprint density at radius 2 is 1.85 bits per heavy atom. The summed E-state index contributed by atoms with van der Waals surface area (Å²) in [5.74, 6) is 0.611. The van der Waals surface area contributed by atoms with Crippen LogP contribution in [0.25, 0.3) is 22.4 Å². The molecule has 1 aromatic carbocycles. The molecular formula is C21H24FN5. The molecule has 27 heavy (non-hydrogen) atoms. The van der Waals surface area contributed by atoms with E-state index in [1.54, 1.807) is 24.5 Å². The van der Waals surface area contributed by atoms with Crippen LogP contribution >= 0.6 is 0 Å². The van der Waals surface area contributed by atoms with Crippen molar-refractivity contribution in [1.82, 2.24) is 20.1 Å². The van der Waals surface area contributed by atoms with Gasteiger partial charge in [0.2, 0.25) is 0 Å². The summed E-state index contributed by atoms with van der Waals surface area (Å²) in [6.45, 7) is 4.32. The molecule has 2 N–H and O–H groups in total. The fraction of sp³-hybridized carbons (Fsp3) is 0.333. The molecule has 2 aromatic heterocycles. The number of likely N-dealkylation sites (tertiary alicyclic amines) is 1. The lowest BCUT2D eigenvalue weighted by Gasteiger charge is -2.26. The zero-order chi connectivity index (χ0) is 18.5. The molecule has 1 aliphatic rings. The summed E-state index contributed by atoms with van der Waals surface area (Å²) in [4.78, 5) is 6.94. The predicted octanol–water partition coefficient (Wildman–Crippen LogP) is 4.18. The molecule has 5 nitrogen and oxygen atoms in total. The molecule has 3 aromatic rings. The van der Waals surface area contributed by atoms with E-state index in [-0.39, 0.29) is 5.82 Å². The third-order valence-corrected chi connectivity index (χ3v) is 5.03. The summed E-state index contributed by atoms with van der Waals surface area (Å²) < 4.78 is 13.2. The minimum absolute atomic E-state index is 0.246. The molecule has 1 aliphatic heterocycles. The Morgan fingerprint density at radius 3 is 2.67 bits per heavy atom. The summed E-state index contributed by atoms with van der Waals surface area (Å²) in [6.07, 6.45) is 7.57. The highest BCUT2D eigenvalue weighted by atomic mass is 19.1. The van der Waals surface area contributed by atoms with Gasteiger partial charge >= 0.3 is 0 Å². The molecule has 140 valence electrons. The van der Waals surface area contributed by atoms with Gasteiger partial charge in [0.25, 0.3) is 0 Å². The molecule has 0 saturated carbocycles. The van der Waals surface area contributed by atoms with Gasteiger partial charge in [0.15, 0.2) is 0 Å². The highest BCUT2D eigenvalue weighted by Gasteiger charge is 2.12. The Hall–Kier alpha value is -2.73. The van der Waals surface area contributed by atoms with E-state index in [2.05, 4.69) is 25.4 Å². The number of nitrogens with zero attached hydrogens (tertiary/aromatic N) is 3. The summed E-state index contributed by atoms with van der Waals surface area (Å²) >= 11 is 0. The summed E-state index contributed by atoms with van der Waals surface area (Å²) in [6, 6.07) is 10.4. The van der Waals surface area contributed by atoms with Crippen LogP contribution in [0.5, 0.6) is 0 Å². The zero-order valence-electron chi connectivity index (χ0n) is 15.3. The van der Waals surface area contributed by atoms with Crippen molar-refractivity contribution in [3.8, 4) is 22.4 Å². The Labute approximate surface area is 158 Å². The van der Waals surface area contributed by atoms with Gasteiger partial charge in [0.1, 0.15) is 11.6 Å². The van der Waals surface area contributed by atoms with Crippen molar-refractivity contribution < 1.29 is 4.39 Å². The number of anilines is 1. The molecule has 1 saturated heterocycles. The fourth-order valence-electron chi connectivity index (χ4n) is 3.56. The van der Waals surface area contributed by atoms with E-state index in [0.29, 0.717) is 0 Å². The number of hydrogen-bond acceptors (Lipinski definition) is 4. The minimum atomic E-state index is -0.246. The largest absolute Gasteiger partial charge is 0.369 e. The van der Waals surface area contributed by atoms with E-state index in [1.165, 1.54) is 44.5 Å². The highest BCUT2D eigenvalue weighted by molar-refractivity contribution is 5.81. The standard InChI is InChI=1S/C21H24FN5/c22-18-6-4-16(5-7-18)21-19(15-25-26-21)17-8-9-23-20(14-17)24-10-13-27-11-2-1-3-12-27/h4-9,14-15H,1-3,10-13H2,(H,23,24)(H,25,26). The third-order valence-electron chi connectivity index (χ3n) is 5.03. The molecule has 1 fully saturated rings. The quantitative estimate of drug-likeness (QED) is 0.688. The molecule has 0 bridgehead atoms. The first-order valence-corrected chi connectivity index (χ1v) is 9.51. The Bertz CT molecular complexity index is 868. The molecule has 4 rings (SSSR count). The SMILES string of the molecule is Fc1ccc(-c2[nH]ncc2-c2ccnc(NCCN3CCCCC3)c2)cc1. The second kappa shape index (κ2) is 8.31. The van der Waals surface area contributed by atoms with Crippen LogP contribution in [0.2, 0.25) is 0 Å². The summed E-state index contributed by atoms with van der Waals surface area (Å²) in [5.41, 5.74) is 3.78. The summed E-state index contributed by atoms with van der Waals surface area (Å²) in [7, 11) is 0. The number of benzene rings is 1. The van der Waals surface area contributed by atoms with Gasteiger partial charge in [-0.1, -0.05) is 6.42 Å². The molecule has 0 unspecified atom stereocenters. The number of H-pyrrole nitrogens is 1. The number of hydrogen-bond donors (Lipinski definition) is 2. The van der Waals surface area contributed by atoms with Gasteiger partial charge in [0, 0.05) is 30.4 Å². The molecular weight excluding hydrogens is 341 g/mol. The molecule has 6 heteroatoms. The van der Waals surface area contributed by atoms with Crippen molar-refractivity contribution in [2.75, 3.05) is 31.5 Å². The van der Waals surface area contributed by atoms with E-state index >= 15 is 0 Å². The Balaban J connectivity index is 1.46. The molecule has 0 radical (unpaired) electrons. The van der Waals surface area contributed by atoms with E-state index < -0.39 is 0 Å². The van der Waals surface area contributed by atoms with Crippen LogP contribution in [-0.2, 0) is 0 Å². The van der Waals surface area contributed by atoms with Crippen LogP contribution in [0.1, 0.15) is 19.3 Å². The number of rotatable bonds is 6. The van der Waals surface area contributed by atoms with Crippen molar-refractivity contribution >= 4 is 5.82 Å². The van der Waals surface area contributed by atoms with Crippen LogP contribution in [0, 0.1) is 5.82 Å². The number of halogens is 1. The van der Waals surface area contributed by atoms with Gasteiger partial charge in [-0.2, -0.15) is 5.10 Å². The van der Waals surface area contributed by atoms with Crippen LogP contribution < -0.4 is 5.32 Å². The van der Waals surface area contributed by atoms with Gasteiger partial charge in [0.05, 0.1) is 11.9 Å². The molecule has 3 heterocycles. The van der Waals surface area contributed by atoms with Gasteiger partial charge in [-0.3, -0.25) is 5.10 Å². The maximum atomic E-state index is 13.2. The number of aromatic nitrogens is 3. The lowest BCUT2D eigenvalue weighted by molar-refractivity contribution is 0.237. The van der Waals surface area contributed by atoms with Crippen molar-refractivity contribution in [3.05, 3.63) is 54.6 Å². The van der Waals surface area contributed by atoms with E-state index in [9.17, 15) is 4.39 Å². The van der Waals surface area contributed by atoms with Crippen molar-refractivity contribution in [2.24, 2.45) is 0 Å². The van der Waals surface area contributed by atoms with Gasteiger partial charge < -0.3 is 10.2 Å². The van der Waals surface area contributed by atoms with Crippen LogP contribution in [0.15, 0.2) is 48.8 Å².